The summed E-state index contributed by atoms with van der Waals surface area (Å²) in [5, 5.41) is -0.607. The summed E-state index contributed by atoms with van der Waals surface area (Å²) in [6.45, 7) is 0. The van der Waals surface area contributed by atoms with Crippen LogP contribution in [0.25, 0.3) is 0 Å². The number of pyridine rings is 1. The van der Waals surface area contributed by atoms with Crippen molar-refractivity contribution in [2.75, 3.05) is 0 Å². The maximum absolute atomic E-state index is 11.6. The van der Waals surface area contributed by atoms with Crippen molar-refractivity contribution in [3.05, 3.63) is 30.1 Å². The van der Waals surface area contributed by atoms with Crippen LogP contribution in [-0.2, 0) is 33.4 Å². The Morgan fingerprint density at radius 2 is 2.00 bits per heavy atom. The van der Waals surface area contributed by atoms with E-state index in [-0.39, 0.29) is 31.1 Å². The Labute approximate surface area is 110 Å². The Hall–Kier alpha value is -1.82. The first kappa shape index (κ1) is 12.6. The Morgan fingerprint density at radius 1 is 1.33 bits per heavy atom. The Bertz CT molecular complexity index is 473. The first-order chi connectivity index (χ1) is 8.59. The lowest BCUT2D eigenvalue weighted by molar-refractivity contribution is -0.144. The summed E-state index contributed by atoms with van der Waals surface area (Å²) < 4.78 is 0. The molecule has 0 aliphatic carbocycles. The zero-order chi connectivity index (χ0) is 13.1. The monoisotopic (exact) mass is 263 g/mol. The standard InChI is InChI=1S/C12H12N2O3S/c15-10-4-5-11(16)14(10)9(12(17)18)7-8-3-1-2-6-13-8/h1-3,6,9H,4-5,7H2,(H,17,18)/p-1. The molecule has 1 saturated heterocycles. The summed E-state index contributed by atoms with van der Waals surface area (Å²) in [6.07, 6.45) is 2.08. The molecular weight excluding hydrogens is 252 g/mol. The Morgan fingerprint density at radius 3 is 2.50 bits per heavy atom. The second-order valence-electron chi connectivity index (χ2n) is 4.02. The van der Waals surface area contributed by atoms with Crippen LogP contribution in [-0.4, -0.2) is 32.9 Å². The average molecular weight is 263 g/mol. The zero-order valence-corrected chi connectivity index (χ0v) is 10.4. The second-order valence-corrected chi connectivity index (χ2v) is 4.42. The van der Waals surface area contributed by atoms with Crippen LogP contribution in [0.5, 0.6) is 0 Å². The molecule has 2 rings (SSSR count). The summed E-state index contributed by atoms with van der Waals surface area (Å²) in [6, 6.07) is 4.36. The summed E-state index contributed by atoms with van der Waals surface area (Å²) in [5.74, 6) is -0.668. The molecule has 1 aliphatic rings. The molecule has 1 aromatic rings. The van der Waals surface area contributed by atoms with E-state index in [1.807, 2.05) is 0 Å². The predicted octanol–water partition coefficient (Wildman–Crippen LogP) is 0.215. The molecular formula is C12H11N2O3S-. The minimum atomic E-state index is -0.905. The molecule has 6 heteroatoms. The van der Waals surface area contributed by atoms with Crippen LogP contribution >= 0.6 is 0 Å². The smallest absolute Gasteiger partial charge is 0.230 e. The van der Waals surface area contributed by atoms with Gasteiger partial charge in [0, 0.05) is 36.3 Å². The maximum Gasteiger partial charge on any atom is 0.230 e. The van der Waals surface area contributed by atoms with Crippen molar-refractivity contribution in [1.29, 1.82) is 0 Å². The van der Waals surface area contributed by atoms with Crippen LogP contribution in [0.4, 0.5) is 0 Å². The molecule has 0 radical (unpaired) electrons. The molecule has 0 spiro atoms. The lowest BCUT2D eigenvalue weighted by atomic mass is 10.1. The van der Waals surface area contributed by atoms with Gasteiger partial charge in [-0.25, -0.2) is 0 Å². The molecule has 0 aromatic carbocycles. The number of carbonyl (C=O) groups is 3. The van der Waals surface area contributed by atoms with E-state index in [1.165, 1.54) is 0 Å². The summed E-state index contributed by atoms with van der Waals surface area (Å²) in [5.41, 5.74) is 0.633. The highest BCUT2D eigenvalue weighted by Gasteiger charge is 2.35. The number of hydrogen-bond acceptors (Lipinski definition) is 5. The quantitative estimate of drug-likeness (QED) is 0.574. The number of imide groups is 1. The molecule has 1 atom stereocenters. The Kier molecular flexibility index (Phi) is 3.66. The number of likely N-dealkylation sites (tertiary alicyclic amines) is 1. The van der Waals surface area contributed by atoms with Gasteiger partial charge in [0.05, 0.1) is 6.04 Å². The first-order valence-electron chi connectivity index (χ1n) is 5.55. The molecule has 1 unspecified atom stereocenters. The average Bonchev–Trinajstić information content (AvgIpc) is 2.67. The Balaban J connectivity index is 2.21. The van der Waals surface area contributed by atoms with Gasteiger partial charge in [-0.1, -0.05) is 6.07 Å². The molecule has 2 amide bonds. The third kappa shape index (κ3) is 2.53. The molecule has 0 bridgehead atoms. The number of carbonyl (C=O) groups excluding carboxylic acids is 3. The van der Waals surface area contributed by atoms with Crippen LogP contribution in [0.3, 0.4) is 0 Å². The number of rotatable bonds is 4. The molecule has 1 aromatic heterocycles. The molecule has 1 fully saturated rings. The summed E-state index contributed by atoms with van der Waals surface area (Å²) in [7, 11) is 0. The topological polar surface area (TPSA) is 67.3 Å². The van der Waals surface area contributed by atoms with Gasteiger partial charge >= 0.3 is 0 Å². The van der Waals surface area contributed by atoms with Gasteiger partial charge in [0.15, 0.2) is 0 Å². The van der Waals surface area contributed by atoms with Crippen molar-refractivity contribution in [1.82, 2.24) is 9.88 Å². The van der Waals surface area contributed by atoms with E-state index in [2.05, 4.69) is 17.6 Å². The van der Waals surface area contributed by atoms with E-state index in [4.69, 9.17) is 0 Å². The highest BCUT2D eigenvalue weighted by atomic mass is 32.1. The summed E-state index contributed by atoms with van der Waals surface area (Å²) in [4.78, 5) is 39.7. The van der Waals surface area contributed by atoms with Crippen molar-refractivity contribution in [2.45, 2.75) is 25.3 Å². The zero-order valence-electron chi connectivity index (χ0n) is 9.54. The third-order valence-corrected chi connectivity index (χ3v) is 3.07. The van der Waals surface area contributed by atoms with Crippen LogP contribution in [0, 0.1) is 0 Å². The van der Waals surface area contributed by atoms with Crippen LogP contribution in [0.2, 0.25) is 0 Å². The van der Waals surface area contributed by atoms with Crippen LogP contribution in [0.1, 0.15) is 18.5 Å². The third-order valence-electron chi connectivity index (χ3n) is 2.80. The number of nitrogens with zero attached hydrogens (tertiary/aromatic N) is 2. The van der Waals surface area contributed by atoms with E-state index in [1.54, 1.807) is 24.4 Å². The van der Waals surface area contributed by atoms with Crippen LogP contribution in [0.15, 0.2) is 24.4 Å². The van der Waals surface area contributed by atoms with Gasteiger partial charge in [-0.2, -0.15) is 0 Å². The molecule has 2 heterocycles. The van der Waals surface area contributed by atoms with Crippen molar-refractivity contribution < 1.29 is 14.4 Å². The highest BCUT2D eigenvalue weighted by molar-refractivity contribution is 7.77. The number of amides is 2. The van der Waals surface area contributed by atoms with Gasteiger partial charge in [0.1, 0.15) is 0 Å². The van der Waals surface area contributed by atoms with Crippen molar-refractivity contribution >= 4 is 29.6 Å². The van der Waals surface area contributed by atoms with E-state index in [0.717, 1.165) is 4.90 Å². The largest absolute Gasteiger partial charge is 0.740 e. The molecule has 0 saturated carbocycles. The molecule has 94 valence electrons. The minimum absolute atomic E-state index is 0.153. The lowest BCUT2D eigenvalue weighted by Gasteiger charge is -2.27. The second kappa shape index (κ2) is 5.22. The fourth-order valence-electron chi connectivity index (χ4n) is 1.94. The number of hydrogen-bond donors (Lipinski definition) is 0. The van der Waals surface area contributed by atoms with E-state index in [0.29, 0.717) is 5.69 Å². The van der Waals surface area contributed by atoms with E-state index in [9.17, 15) is 14.4 Å². The highest BCUT2D eigenvalue weighted by Crippen LogP contribution is 2.18. The van der Waals surface area contributed by atoms with Crippen molar-refractivity contribution in [2.24, 2.45) is 0 Å². The van der Waals surface area contributed by atoms with Gasteiger partial charge in [-0.15, -0.1) is 0 Å². The predicted molar refractivity (Wildman–Crippen MR) is 65.2 cm³/mol. The fraction of sp³-hybridized carbons (Fsp3) is 0.333. The first-order valence-corrected chi connectivity index (χ1v) is 5.96. The maximum atomic E-state index is 11.6. The van der Waals surface area contributed by atoms with Gasteiger partial charge < -0.3 is 17.4 Å². The SMILES string of the molecule is O=C([S-])C(Cc1ccccn1)N1C(=O)CCC1=O. The normalized spacial score (nSPS) is 17.0. The molecule has 0 N–H and O–H groups in total. The molecule has 1 aliphatic heterocycles. The lowest BCUT2D eigenvalue weighted by Crippen LogP contribution is -2.45. The van der Waals surface area contributed by atoms with Gasteiger partial charge in [0.2, 0.25) is 11.8 Å². The number of aromatic nitrogens is 1. The van der Waals surface area contributed by atoms with Gasteiger partial charge in [0.25, 0.3) is 0 Å². The minimum Gasteiger partial charge on any atom is -0.740 e. The van der Waals surface area contributed by atoms with E-state index >= 15 is 0 Å². The summed E-state index contributed by atoms with van der Waals surface area (Å²) >= 11 is 4.63. The van der Waals surface area contributed by atoms with Crippen LogP contribution < -0.4 is 0 Å². The molecule has 5 nitrogen and oxygen atoms in total. The molecule has 18 heavy (non-hydrogen) atoms. The van der Waals surface area contributed by atoms with Crippen molar-refractivity contribution in [3.8, 4) is 0 Å². The fourth-order valence-corrected chi connectivity index (χ4v) is 2.13. The van der Waals surface area contributed by atoms with Gasteiger partial charge in [-0.05, 0) is 12.1 Å². The van der Waals surface area contributed by atoms with Crippen molar-refractivity contribution in [3.63, 3.8) is 0 Å². The van der Waals surface area contributed by atoms with Gasteiger partial charge in [-0.3, -0.25) is 19.5 Å². The van der Waals surface area contributed by atoms with E-state index < -0.39 is 11.2 Å².